The molecule has 1 aromatic carbocycles. The van der Waals surface area contributed by atoms with E-state index >= 15 is 0 Å². The molecule has 2 aromatic rings. The lowest BCUT2D eigenvalue weighted by Crippen LogP contribution is -1.95. The molecule has 0 amide bonds. The van der Waals surface area contributed by atoms with Gasteiger partial charge in [-0.3, -0.25) is 4.98 Å². The van der Waals surface area contributed by atoms with Gasteiger partial charge in [0.05, 0.1) is 0 Å². The lowest BCUT2D eigenvalue weighted by molar-refractivity contribution is 1.07. The summed E-state index contributed by atoms with van der Waals surface area (Å²) in [7, 11) is 0. The van der Waals surface area contributed by atoms with Crippen LogP contribution in [0.3, 0.4) is 0 Å². The molecule has 0 radical (unpaired) electrons. The highest BCUT2D eigenvalue weighted by Gasteiger charge is 1.96. The standard InChI is InChI=1S/C12H12N2.C2H2/c13-9-10-2-1-3-12(8-10)11-4-6-14-7-5-11;1-2/h1-8H,9,13H2;1-2H. The summed E-state index contributed by atoms with van der Waals surface area (Å²) in [6.07, 6.45) is 11.6. The Kier molecular flexibility index (Phi) is 4.78. The van der Waals surface area contributed by atoms with Gasteiger partial charge in [0.25, 0.3) is 0 Å². The van der Waals surface area contributed by atoms with Gasteiger partial charge in [0, 0.05) is 18.9 Å². The van der Waals surface area contributed by atoms with E-state index in [1.54, 1.807) is 12.4 Å². The van der Waals surface area contributed by atoms with Crippen molar-refractivity contribution >= 4 is 0 Å². The molecule has 2 heteroatoms. The Morgan fingerprint density at radius 2 is 1.69 bits per heavy atom. The highest BCUT2D eigenvalue weighted by Crippen LogP contribution is 2.18. The van der Waals surface area contributed by atoms with Crippen LogP contribution in [0.2, 0.25) is 0 Å². The minimum atomic E-state index is 0.582. The first kappa shape index (κ1) is 12.0. The monoisotopic (exact) mass is 210 g/mol. The molecule has 2 rings (SSSR count). The molecule has 16 heavy (non-hydrogen) atoms. The van der Waals surface area contributed by atoms with Crippen molar-refractivity contribution in [1.29, 1.82) is 0 Å². The smallest absolute Gasteiger partial charge is 0.0273 e. The summed E-state index contributed by atoms with van der Waals surface area (Å²) in [5.74, 6) is 0. The lowest BCUT2D eigenvalue weighted by Gasteiger charge is -2.02. The molecule has 0 spiro atoms. The third-order valence-electron chi connectivity index (χ3n) is 2.18. The molecule has 0 saturated heterocycles. The van der Waals surface area contributed by atoms with Crippen LogP contribution in [0, 0.1) is 12.8 Å². The van der Waals surface area contributed by atoms with Gasteiger partial charge in [-0.2, -0.15) is 0 Å². The molecule has 0 unspecified atom stereocenters. The van der Waals surface area contributed by atoms with Crippen LogP contribution >= 0.6 is 0 Å². The fourth-order valence-corrected chi connectivity index (χ4v) is 1.42. The molecule has 0 saturated carbocycles. The Bertz CT molecular complexity index is 447. The lowest BCUT2D eigenvalue weighted by atomic mass is 10.0. The van der Waals surface area contributed by atoms with Gasteiger partial charge in [-0.1, -0.05) is 18.2 Å². The van der Waals surface area contributed by atoms with Gasteiger partial charge in [0.15, 0.2) is 0 Å². The molecule has 2 N–H and O–H groups in total. The van der Waals surface area contributed by atoms with E-state index in [-0.39, 0.29) is 0 Å². The normalized spacial score (nSPS) is 8.94. The summed E-state index contributed by atoms with van der Waals surface area (Å²) < 4.78 is 0. The molecule has 0 bridgehead atoms. The number of aromatic nitrogens is 1. The Balaban J connectivity index is 0.000000606. The van der Waals surface area contributed by atoms with Crippen molar-refractivity contribution in [3.8, 4) is 24.0 Å². The summed E-state index contributed by atoms with van der Waals surface area (Å²) in [4.78, 5) is 3.99. The number of pyridine rings is 1. The number of benzene rings is 1. The van der Waals surface area contributed by atoms with Gasteiger partial charge in [-0.15, -0.1) is 12.8 Å². The Hall–Kier alpha value is -2.11. The maximum absolute atomic E-state index is 5.58. The first-order chi connectivity index (χ1) is 7.90. The molecule has 1 aromatic heterocycles. The third kappa shape index (κ3) is 2.94. The van der Waals surface area contributed by atoms with Gasteiger partial charge in [0.1, 0.15) is 0 Å². The van der Waals surface area contributed by atoms with E-state index in [2.05, 4.69) is 30.0 Å². The van der Waals surface area contributed by atoms with E-state index in [1.807, 2.05) is 24.3 Å². The molecule has 2 nitrogen and oxygen atoms in total. The van der Waals surface area contributed by atoms with Crippen LogP contribution < -0.4 is 5.73 Å². The second-order valence-corrected chi connectivity index (χ2v) is 3.14. The molecular weight excluding hydrogens is 196 g/mol. The second-order valence-electron chi connectivity index (χ2n) is 3.14. The van der Waals surface area contributed by atoms with E-state index in [0.717, 1.165) is 5.56 Å². The molecule has 0 aliphatic carbocycles. The molecule has 0 fully saturated rings. The van der Waals surface area contributed by atoms with Crippen LogP contribution in [0.25, 0.3) is 11.1 Å². The maximum atomic E-state index is 5.58. The van der Waals surface area contributed by atoms with E-state index < -0.39 is 0 Å². The van der Waals surface area contributed by atoms with Crippen LogP contribution in [0.4, 0.5) is 0 Å². The Morgan fingerprint density at radius 1 is 1.00 bits per heavy atom. The molecule has 0 aliphatic rings. The number of nitrogens with zero attached hydrogens (tertiary/aromatic N) is 1. The van der Waals surface area contributed by atoms with Crippen molar-refractivity contribution in [2.24, 2.45) is 5.73 Å². The van der Waals surface area contributed by atoms with Crippen LogP contribution in [0.5, 0.6) is 0 Å². The van der Waals surface area contributed by atoms with Crippen molar-refractivity contribution in [1.82, 2.24) is 4.98 Å². The molecule has 1 heterocycles. The van der Waals surface area contributed by atoms with E-state index in [4.69, 9.17) is 5.73 Å². The predicted octanol–water partition coefficient (Wildman–Crippen LogP) is 2.46. The van der Waals surface area contributed by atoms with E-state index in [9.17, 15) is 0 Å². The first-order valence-corrected chi connectivity index (χ1v) is 4.93. The summed E-state index contributed by atoms with van der Waals surface area (Å²) in [5, 5.41) is 0. The summed E-state index contributed by atoms with van der Waals surface area (Å²) in [6, 6.07) is 12.2. The van der Waals surface area contributed by atoms with Crippen LogP contribution in [0.1, 0.15) is 5.56 Å². The van der Waals surface area contributed by atoms with Crippen molar-refractivity contribution in [3.05, 3.63) is 54.4 Å². The second kappa shape index (κ2) is 6.39. The highest BCUT2D eigenvalue weighted by atomic mass is 14.6. The topological polar surface area (TPSA) is 38.9 Å². The third-order valence-corrected chi connectivity index (χ3v) is 2.18. The van der Waals surface area contributed by atoms with E-state index in [1.165, 1.54) is 11.1 Å². The fourth-order valence-electron chi connectivity index (χ4n) is 1.42. The number of nitrogens with two attached hydrogens (primary N) is 1. The number of hydrogen-bond donors (Lipinski definition) is 1. The van der Waals surface area contributed by atoms with Crippen molar-refractivity contribution in [2.45, 2.75) is 6.54 Å². The average Bonchev–Trinajstić information content (AvgIpc) is 2.42. The number of terminal acetylenes is 1. The van der Waals surface area contributed by atoms with Crippen molar-refractivity contribution in [2.75, 3.05) is 0 Å². The molecule has 0 atom stereocenters. The number of hydrogen-bond acceptors (Lipinski definition) is 2. The van der Waals surface area contributed by atoms with Gasteiger partial charge in [-0.05, 0) is 34.9 Å². The van der Waals surface area contributed by atoms with E-state index in [0.29, 0.717) is 6.54 Å². The highest BCUT2D eigenvalue weighted by molar-refractivity contribution is 5.63. The molecule has 0 aliphatic heterocycles. The summed E-state index contributed by atoms with van der Waals surface area (Å²) in [6.45, 7) is 0.582. The minimum absolute atomic E-state index is 0.582. The Morgan fingerprint density at radius 3 is 2.31 bits per heavy atom. The van der Waals surface area contributed by atoms with Gasteiger partial charge < -0.3 is 5.73 Å². The molecule has 80 valence electrons. The average molecular weight is 210 g/mol. The van der Waals surface area contributed by atoms with Crippen LogP contribution in [0.15, 0.2) is 48.8 Å². The van der Waals surface area contributed by atoms with Crippen molar-refractivity contribution in [3.63, 3.8) is 0 Å². The van der Waals surface area contributed by atoms with Gasteiger partial charge >= 0.3 is 0 Å². The largest absolute Gasteiger partial charge is 0.326 e. The van der Waals surface area contributed by atoms with Crippen molar-refractivity contribution < 1.29 is 0 Å². The Labute approximate surface area is 96.1 Å². The number of rotatable bonds is 2. The van der Waals surface area contributed by atoms with Gasteiger partial charge in [0.2, 0.25) is 0 Å². The fraction of sp³-hybridized carbons (Fsp3) is 0.0714. The molecular formula is C14H14N2. The zero-order valence-corrected chi connectivity index (χ0v) is 9.01. The zero-order valence-electron chi connectivity index (χ0n) is 9.01. The zero-order chi connectivity index (χ0) is 11.8. The van der Waals surface area contributed by atoms with Crippen LogP contribution in [-0.2, 0) is 6.54 Å². The summed E-state index contributed by atoms with van der Waals surface area (Å²) in [5.41, 5.74) is 9.10. The predicted molar refractivity (Wildman–Crippen MR) is 67.5 cm³/mol. The first-order valence-electron chi connectivity index (χ1n) is 4.93. The van der Waals surface area contributed by atoms with Crippen LogP contribution in [-0.4, -0.2) is 4.98 Å². The quantitative estimate of drug-likeness (QED) is 0.773. The van der Waals surface area contributed by atoms with Gasteiger partial charge in [-0.25, -0.2) is 0 Å². The summed E-state index contributed by atoms with van der Waals surface area (Å²) >= 11 is 0. The minimum Gasteiger partial charge on any atom is -0.326 e. The maximum Gasteiger partial charge on any atom is 0.0273 e. The SMILES string of the molecule is C#C.NCc1cccc(-c2ccncc2)c1.